The van der Waals surface area contributed by atoms with Gasteiger partial charge in [-0.1, -0.05) is 33.6 Å². The normalized spacial score (nSPS) is 19.6. The highest BCUT2D eigenvalue weighted by Gasteiger charge is 2.32. The van der Waals surface area contributed by atoms with E-state index in [-0.39, 0.29) is 5.91 Å². The Bertz CT molecular complexity index is 270. The number of amides is 1. The molecule has 1 amide bonds. The third kappa shape index (κ3) is 5.52. The second-order valence-corrected chi connectivity index (χ2v) is 6.77. The van der Waals surface area contributed by atoms with Crippen LogP contribution in [0.15, 0.2) is 0 Å². The molecule has 0 heterocycles. The van der Waals surface area contributed by atoms with Gasteiger partial charge >= 0.3 is 0 Å². The first-order valence-electron chi connectivity index (χ1n) is 7.98. The fourth-order valence-corrected chi connectivity index (χ4v) is 3.33. The molecule has 1 atom stereocenters. The van der Waals surface area contributed by atoms with Crippen molar-refractivity contribution in [1.29, 1.82) is 0 Å². The monoisotopic (exact) mass is 268 g/mol. The van der Waals surface area contributed by atoms with Crippen LogP contribution in [0.2, 0.25) is 0 Å². The topological polar surface area (TPSA) is 55.1 Å². The maximum Gasteiger partial charge on any atom is 0.220 e. The summed E-state index contributed by atoms with van der Waals surface area (Å²) in [6.45, 7) is 8.10. The van der Waals surface area contributed by atoms with Gasteiger partial charge < -0.3 is 11.1 Å². The van der Waals surface area contributed by atoms with E-state index in [1.807, 2.05) is 0 Å². The Morgan fingerprint density at radius 2 is 1.95 bits per heavy atom. The maximum atomic E-state index is 12.0. The van der Waals surface area contributed by atoms with Crippen molar-refractivity contribution in [1.82, 2.24) is 5.32 Å². The van der Waals surface area contributed by atoms with Crippen molar-refractivity contribution in [2.45, 2.75) is 65.7 Å². The van der Waals surface area contributed by atoms with Crippen molar-refractivity contribution in [2.75, 3.05) is 13.1 Å². The van der Waals surface area contributed by atoms with Crippen molar-refractivity contribution in [3.8, 4) is 0 Å². The minimum atomic E-state index is 0.191. The summed E-state index contributed by atoms with van der Waals surface area (Å²) in [5.41, 5.74) is 6.14. The van der Waals surface area contributed by atoms with E-state index in [1.54, 1.807) is 0 Å². The summed E-state index contributed by atoms with van der Waals surface area (Å²) in [5.74, 6) is 1.13. The second kappa shape index (κ2) is 7.88. The number of carbonyl (C=O) groups excluding carboxylic acids is 1. The van der Waals surface area contributed by atoms with E-state index in [4.69, 9.17) is 5.73 Å². The predicted molar refractivity (Wildman–Crippen MR) is 80.8 cm³/mol. The summed E-state index contributed by atoms with van der Waals surface area (Å²) < 4.78 is 0. The highest BCUT2D eigenvalue weighted by atomic mass is 16.1. The molecule has 0 aromatic carbocycles. The molecular formula is C16H32N2O. The standard InChI is InChI=1S/C16H32N2O/c1-4-16(7-5-6-8-16)12-18-15(19)10-14(11-17)9-13(2)3/h13-14H,4-12,17H2,1-3H3,(H,18,19)/t14-/m0/s1. The van der Waals surface area contributed by atoms with Crippen LogP contribution in [-0.2, 0) is 4.79 Å². The van der Waals surface area contributed by atoms with Crippen LogP contribution in [0.3, 0.4) is 0 Å². The van der Waals surface area contributed by atoms with Crippen LogP contribution in [0.5, 0.6) is 0 Å². The number of carbonyl (C=O) groups is 1. The summed E-state index contributed by atoms with van der Waals surface area (Å²) in [5, 5.41) is 3.16. The smallest absolute Gasteiger partial charge is 0.220 e. The van der Waals surface area contributed by atoms with Crippen LogP contribution in [0.25, 0.3) is 0 Å². The van der Waals surface area contributed by atoms with Gasteiger partial charge in [-0.2, -0.15) is 0 Å². The zero-order valence-corrected chi connectivity index (χ0v) is 13.0. The predicted octanol–water partition coefficient (Wildman–Crippen LogP) is 3.08. The molecule has 112 valence electrons. The van der Waals surface area contributed by atoms with Crippen LogP contribution >= 0.6 is 0 Å². The first-order chi connectivity index (χ1) is 9.01. The third-order valence-electron chi connectivity index (χ3n) is 4.69. The minimum absolute atomic E-state index is 0.191. The molecule has 1 saturated carbocycles. The molecule has 19 heavy (non-hydrogen) atoms. The van der Waals surface area contributed by atoms with E-state index in [1.165, 1.54) is 32.1 Å². The number of rotatable bonds is 8. The van der Waals surface area contributed by atoms with Gasteiger partial charge in [-0.05, 0) is 49.5 Å². The van der Waals surface area contributed by atoms with Crippen LogP contribution in [0.4, 0.5) is 0 Å². The van der Waals surface area contributed by atoms with Crippen LogP contribution in [-0.4, -0.2) is 19.0 Å². The van der Waals surface area contributed by atoms with Crippen molar-refractivity contribution in [3.05, 3.63) is 0 Å². The summed E-state index contributed by atoms with van der Waals surface area (Å²) in [6.07, 6.45) is 8.01. The van der Waals surface area contributed by atoms with Crippen LogP contribution < -0.4 is 11.1 Å². The fourth-order valence-electron chi connectivity index (χ4n) is 3.33. The molecule has 0 aromatic rings. The van der Waals surface area contributed by atoms with Gasteiger partial charge in [-0.15, -0.1) is 0 Å². The summed E-state index contributed by atoms with van der Waals surface area (Å²) in [4.78, 5) is 12.0. The highest BCUT2D eigenvalue weighted by Crippen LogP contribution is 2.40. The van der Waals surface area contributed by atoms with Gasteiger partial charge in [0.2, 0.25) is 5.91 Å². The van der Waals surface area contributed by atoms with E-state index in [0.717, 1.165) is 13.0 Å². The Labute approximate surface area is 118 Å². The van der Waals surface area contributed by atoms with Crippen LogP contribution in [0.1, 0.15) is 65.7 Å². The van der Waals surface area contributed by atoms with Gasteiger partial charge in [-0.3, -0.25) is 4.79 Å². The molecule has 3 N–H and O–H groups in total. The largest absolute Gasteiger partial charge is 0.356 e. The molecule has 0 aliphatic heterocycles. The number of hydrogen-bond acceptors (Lipinski definition) is 2. The Morgan fingerprint density at radius 1 is 1.32 bits per heavy atom. The lowest BCUT2D eigenvalue weighted by Gasteiger charge is -2.28. The quantitative estimate of drug-likeness (QED) is 0.711. The number of nitrogens with one attached hydrogen (secondary N) is 1. The van der Waals surface area contributed by atoms with Gasteiger partial charge in [0, 0.05) is 13.0 Å². The van der Waals surface area contributed by atoms with Gasteiger partial charge in [0.15, 0.2) is 0 Å². The lowest BCUT2D eigenvalue weighted by Crippen LogP contribution is -2.37. The first-order valence-corrected chi connectivity index (χ1v) is 7.98. The number of nitrogens with two attached hydrogens (primary N) is 1. The molecule has 1 aliphatic carbocycles. The van der Waals surface area contributed by atoms with Crippen LogP contribution in [0, 0.1) is 17.3 Å². The molecule has 1 fully saturated rings. The molecule has 1 rings (SSSR count). The molecule has 1 aliphatic rings. The zero-order valence-electron chi connectivity index (χ0n) is 13.0. The van der Waals surface area contributed by atoms with E-state index >= 15 is 0 Å². The highest BCUT2D eigenvalue weighted by molar-refractivity contribution is 5.76. The van der Waals surface area contributed by atoms with Crippen molar-refractivity contribution < 1.29 is 4.79 Å². The van der Waals surface area contributed by atoms with Crippen molar-refractivity contribution >= 4 is 5.91 Å². The van der Waals surface area contributed by atoms with E-state index < -0.39 is 0 Å². The minimum Gasteiger partial charge on any atom is -0.356 e. The third-order valence-corrected chi connectivity index (χ3v) is 4.69. The van der Waals surface area contributed by atoms with Crippen molar-refractivity contribution in [2.24, 2.45) is 23.0 Å². The molecule has 0 aromatic heterocycles. The molecule has 3 nitrogen and oxygen atoms in total. The molecule has 0 bridgehead atoms. The first kappa shape index (κ1) is 16.5. The second-order valence-electron chi connectivity index (χ2n) is 6.77. The lowest BCUT2D eigenvalue weighted by atomic mass is 9.83. The van der Waals surface area contributed by atoms with Gasteiger partial charge in [0.25, 0.3) is 0 Å². The molecule has 0 unspecified atom stereocenters. The molecule has 0 saturated heterocycles. The van der Waals surface area contributed by atoms with Gasteiger partial charge in [-0.25, -0.2) is 0 Å². The van der Waals surface area contributed by atoms with E-state index in [0.29, 0.717) is 30.2 Å². The SMILES string of the molecule is CCC1(CNC(=O)C[C@@H](CN)CC(C)C)CCCC1. The Kier molecular flexibility index (Phi) is 6.84. The fraction of sp³-hybridized carbons (Fsp3) is 0.938. The van der Waals surface area contributed by atoms with Gasteiger partial charge in [0.1, 0.15) is 0 Å². The van der Waals surface area contributed by atoms with Crippen molar-refractivity contribution in [3.63, 3.8) is 0 Å². The average molecular weight is 268 g/mol. The molecule has 0 spiro atoms. The Morgan fingerprint density at radius 3 is 2.42 bits per heavy atom. The van der Waals surface area contributed by atoms with Gasteiger partial charge in [0.05, 0.1) is 0 Å². The average Bonchev–Trinajstić information content (AvgIpc) is 2.84. The molecule has 0 radical (unpaired) electrons. The van der Waals surface area contributed by atoms with E-state index in [2.05, 4.69) is 26.1 Å². The summed E-state index contributed by atoms with van der Waals surface area (Å²) in [7, 11) is 0. The summed E-state index contributed by atoms with van der Waals surface area (Å²) in [6, 6.07) is 0. The van der Waals surface area contributed by atoms with E-state index in [9.17, 15) is 4.79 Å². The Hall–Kier alpha value is -0.570. The maximum absolute atomic E-state index is 12.0. The lowest BCUT2D eigenvalue weighted by molar-refractivity contribution is -0.122. The molecular weight excluding hydrogens is 236 g/mol. The summed E-state index contributed by atoms with van der Waals surface area (Å²) >= 11 is 0. The Balaban J connectivity index is 2.33. The zero-order chi connectivity index (χ0) is 14.3. The number of hydrogen-bond donors (Lipinski definition) is 2. The molecule has 3 heteroatoms.